The molecule has 4 heterocycles. The molecule has 1 saturated carbocycles. The van der Waals surface area contributed by atoms with Crippen molar-refractivity contribution in [3.05, 3.63) is 67.1 Å². The van der Waals surface area contributed by atoms with Gasteiger partial charge in [0.1, 0.15) is 0 Å². The van der Waals surface area contributed by atoms with Gasteiger partial charge in [0.05, 0.1) is 21.1 Å². The first-order valence-electron chi connectivity index (χ1n) is 9.82. The maximum atomic E-state index is 13.5. The Kier molecular flexibility index (Phi) is 5.29. The summed E-state index contributed by atoms with van der Waals surface area (Å²) in [6.45, 7) is 4.86. The van der Waals surface area contributed by atoms with Crippen molar-refractivity contribution in [2.24, 2.45) is 0 Å². The van der Waals surface area contributed by atoms with Crippen LogP contribution in [0.4, 0.5) is 8.78 Å². The lowest BCUT2D eigenvalue weighted by atomic mass is 10.1. The Labute approximate surface area is 179 Å². The molecule has 0 aromatic carbocycles. The SMILES string of the molecule is CC.CC(F)(F)c1cnc([C@H]2C[C@@H]2c2cc(-c3c[nH]c(=O)[nH]c3=O)nn3ccnc23)s1. The molecule has 1 fully saturated rings. The summed E-state index contributed by atoms with van der Waals surface area (Å²) in [5, 5.41) is 5.06. The predicted molar refractivity (Wildman–Crippen MR) is 113 cm³/mol. The minimum Gasteiger partial charge on any atom is -0.313 e. The van der Waals surface area contributed by atoms with Gasteiger partial charge in [0.25, 0.3) is 11.5 Å². The van der Waals surface area contributed by atoms with Crippen LogP contribution in [0.25, 0.3) is 16.9 Å². The highest BCUT2D eigenvalue weighted by atomic mass is 32.1. The van der Waals surface area contributed by atoms with Crippen molar-refractivity contribution in [1.29, 1.82) is 0 Å². The number of halogens is 2. The molecule has 4 aromatic rings. The van der Waals surface area contributed by atoms with Gasteiger partial charge in [0.15, 0.2) is 5.65 Å². The molecule has 2 atom stereocenters. The van der Waals surface area contributed by atoms with E-state index in [2.05, 4.69) is 25.0 Å². The fraction of sp³-hybridized carbons (Fsp3) is 0.350. The molecule has 0 radical (unpaired) electrons. The third kappa shape index (κ3) is 3.92. The molecule has 0 saturated heterocycles. The summed E-state index contributed by atoms with van der Waals surface area (Å²) in [7, 11) is 0. The fourth-order valence-corrected chi connectivity index (χ4v) is 4.45. The van der Waals surface area contributed by atoms with Crippen molar-refractivity contribution in [3.63, 3.8) is 0 Å². The predicted octanol–water partition coefficient (Wildman–Crippen LogP) is 3.64. The lowest BCUT2D eigenvalue weighted by Crippen LogP contribution is -2.23. The molecule has 31 heavy (non-hydrogen) atoms. The minimum atomic E-state index is -2.91. The van der Waals surface area contributed by atoms with Gasteiger partial charge >= 0.3 is 5.69 Å². The van der Waals surface area contributed by atoms with Crippen LogP contribution in [-0.2, 0) is 5.92 Å². The van der Waals surface area contributed by atoms with Crippen molar-refractivity contribution < 1.29 is 8.78 Å². The van der Waals surface area contributed by atoms with E-state index >= 15 is 0 Å². The van der Waals surface area contributed by atoms with E-state index < -0.39 is 17.2 Å². The van der Waals surface area contributed by atoms with Crippen LogP contribution < -0.4 is 11.2 Å². The smallest absolute Gasteiger partial charge is 0.313 e. The number of thiazole rings is 1. The van der Waals surface area contributed by atoms with Crippen LogP contribution in [0.2, 0.25) is 0 Å². The number of hydrogen-bond acceptors (Lipinski definition) is 6. The molecule has 0 amide bonds. The van der Waals surface area contributed by atoms with Crippen LogP contribution in [0, 0.1) is 0 Å². The highest BCUT2D eigenvalue weighted by molar-refractivity contribution is 7.11. The lowest BCUT2D eigenvalue weighted by molar-refractivity contribution is 0.0213. The average molecular weight is 446 g/mol. The number of H-pyrrole nitrogens is 2. The number of alkyl halides is 2. The molecule has 5 rings (SSSR count). The van der Waals surface area contributed by atoms with E-state index in [9.17, 15) is 18.4 Å². The van der Waals surface area contributed by atoms with Crippen molar-refractivity contribution in [2.75, 3.05) is 0 Å². The number of nitrogens with one attached hydrogen (secondary N) is 2. The van der Waals surface area contributed by atoms with E-state index in [0.717, 1.165) is 30.2 Å². The summed E-state index contributed by atoms with van der Waals surface area (Å²) in [5.74, 6) is -2.86. The van der Waals surface area contributed by atoms with E-state index in [1.54, 1.807) is 23.0 Å². The Morgan fingerprint density at radius 2 is 2.00 bits per heavy atom. The molecule has 0 spiro atoms. The lowest BCUT2D eigenvalue weighted by Gasteiger charge is -2.07. The van der Waals surface area contributed by atoms with Crippen LogP contribution in [-0.4, -0.2) is 29.5 Å². The fourth-order valence-electron chi connectivity index (χ4n) is 3.42. The van der Waals surface area contributed by atoms with Gasteiger partial charge in [-0.15, -0.1) is 11.3 Å². The Morgan fingerprint density at radius 3 is 2.68 bits per heavy atom. The molecular formula is C20H20F2N6O2S. The van der Waals surface area contributed by atoms with E-state index in [4.69, 9.17) is 0 Å². The van der Waals surface area contributed by atoms with Crippen LogP contribution >= 0.6 is 11.3 Å². The standard InChI is InChI=1S/C18H14F2N6O2S.C2H6/c1-18(19,20)13-7-22-16(29-13)10-4-8(10)9-5-12(25-26-3-2-21-14(9)26)11-6-23-17(28)24-15(11)27;1-2/h2-3,5-8,10H,4H2,1H3,(H2,23,24,27,28);1-2H3/t8-,10+;/m1./s1. The first kappa shape index (κ1) is 21.0. The molecule has 4 aromatic heterocycles. The van der Waals surface area contributed by atoms with Crippen LogP contribution in [0.5, 0.6) is 0 Å². The second-order valence-corrected chi connectivity index (χ2v) is 8.13. The Hall–Kier alpha value is -3.21. The maximum Gasteiger partial charge on any atom is 0.325 e. The van der Waals surface area contributed by atoms with Crippen LogP contribution in [0.3, 0.4) is 0 Å². The third-order valence-corrected chi connectivity index (χ3v) is 6.25. The first-order chi connectivity index (χ1) is 14.8. The number of aromatic amines is 2. The monoisotopic (exact) mass is 446 g/mol. The van der Waals surface area contributed by atoms with Crippen LogP contribution in [0.15, 0.2) is 40.4 Å². The number of fused-ring (bicyclic) bond motifs is 1. The van der Waals surface area contributed by atoms with E-state index in [-0.39, 0.29) is 22.3 Å². The number of nitrogens with zero attached hydrogens (tertiary/aromatic N) is 4. The summed E-state index contributed by atoms with van der Waals surface area (Å²) < 4.78 is 28.6. The average Bonchev–Trinajstić information content (AvgIpc) is 3.13. The van der Waals surface area contributed by atoms with Gasteiger partial charge in [0.2, 0.25) is 0 Å². The summed E-state index contributed by atoms with van der Waals surface area (Å²) in [5.41, 5.74) is 0.954. The quantitative estimate of drug-likeness (QED) is 0.498. The molecule has 11 heteroatoms. The van der Waals surface area contributed by atoms with E-state index in [1.165, 1.54) is 12.4 Å². The van der Waals surface area contributed by atoms with Gasteiger partial charge in [-0.05, 0) is 18.4 Å². The molecule has 8 nitrogen and oxygen atoms in total. The Morgan fingerprint density at radius 1 is 1.23 bits per heavy atom. The zero-order valence-corrected chi connectivity index (χ0v) is 17.8. The topological polar surface area (TPSA) is 109 Å². The summed E-state index contributed by atoms with van der Waals surface area (Å²) in [6.07, 6.45) is 6.56. The molecule has 2 N–H and O–H groups in total. The number of aromatic nitrogens is 6. The van der Waals surface area contributed by atoms with Crippen LogP contribution in [0.1, 0.15) is 54.5 Å². The molecule has 1 aliphatic carbocycles. The summed E-state index contributed by atoms with van der Waals surface area (Å²) >= 11 is 1.02. The highest BCUT2D eigenvalue weighted by Crippen LogP contribution is 2.56. The zero-order valence-electron chi connectivity index (χ0n) is 17.0. The molecule has 1 aliphatic rings. The number of imidazole rings is 1. The van der Waals surface area contributed by atoms with E-state index in [1.807, 2.05) is 13.8 Å². The minimum absolute atomic E-state index is 0.0146. The van der Waals surface area contributed by atoms with Crippen molar-refractivity contribution in [3.8, 4) is 11.3 Å². The number of rotatable bonds is 4. The Balaban J connectivity index is 0.00000112. The molecular weight excluding hydrogens is 426 g/mol. The van der Waals surface area contributed by atoms with Gasteiger partial charge in [-0.25, -0.2) is 28.1 Å². The second kappa shape index (κ2) is 7.80. The highest BCUT2D eigenvalue weighted by Gasteiger charge is 2.44. The second-order valence-electron chi connectivity index (χ2n) is 7.07. The van der Waals surface area contributed by atoms with Gasteiger partial charge in [-0.1, -0.05) is 13.8 Å². The number of hydrogen-bond donors (Lipinski definition) is 2. The van der Waals surface area contributed by atoms with Gasteiger partial charge in [-0.3, -0.25) is 9.78 Å². The molecule has 0 bridgehead atoms. The first-order valence-corrected chi connectivity index (χ1v) is 10.6. The maximum absolute atomic E-state index is 13.5. The van der Waals surface area contributed by atoms with Gasteiger partial charge in [-0.2, -0.15) is 5.10 Å². The van der Waals surface area contributed by atoms with Crippen molar-refractivity contribution in [1.82, 2.24) is 29.5 Å². The summed E-state index contributed by atoms with van der Waals surface area (Å²) in [6, 6.07) is 1.76. The summed E-state index contributed by atoms with van der Waals surface area (Å²) in [4.78, 5) is 36.6. The van der Waals surface area contributed by atoms with Crippen molar-refractivity contribution in [2.45, 2.75) is 45.0 Å². The third-order valence-electron chi connectivity index (χ3n) is 4.95. The van der Waals surface area contributed by atoms with Crippen molar-refractivity contribution >= 4 is 17.0 Å². The zero-order chi connectivity index (χ0) is 22.3. The van der Waals surface area contributed by atoms with E-state index in [0.29, 0.717) is 16.3 Å². The molecule has 162 valence electrons. The Bertz CT molecular complexity index is 1350. The normalized spacial score (nSPS) is 18.0. The largest absolute Gasteiger partial charge is 0.325 e. The molecule has 0 aliphatic heterocycles. The molecule has 0 unspecified atom stereocenters. The van der Waals surface area contributed by atoms with Gasteiger partial charge in [0, 0.05) is 43.2 Å². The van der Waals surface area contributed by atoms with Gasteiger partial charge < -0.3 is 4.98 Å².